The fourth-order valence-corrected chi connectivity index (χ4v) is 2.49. The van der Waals surface area contributed by atoms with Gasteiger partial charge in [0.05, 0.1) is 18.1 Å². The zero-order valence-electron chi connectivity index (χ0n) is 12.8. The molecule has 1 aliphatic rings. The van der Waals surface area contributed by atoms with Crippen molar-refractivity contribution in [2.75, 3.05) is 12.4 Å². The molecular weight excluding hydrogens is 329 g/mol. The van der Waals surface area contributed by atoms with Gasteiger partial charge < -0.3 is 20.5 Å². The van der Waals surface area contributed by atoms with Gasteiger partial charge in [0.2, 0.25) is 0 Å². The lowest BCUT2D eigenvalue weighted by molar-refractivity contribution is -0.145. The second kappa shape index (κ2) is 7.08. The molecule has 0 unspecified atom stereocenters. The van der Waals surface area contributed by atoms with Crippen molar-refractivity contribution in [2.24, 2.45) is 5.92 Å². The van der Waals surface area contributed by atoms with Gasteiger partial charge in [-0.1, -0.05) is 6.07 Å². The number of ether oxygens (including phenoxy) is 1. The number of amides is 2. The maximum atomic E-state index is 13.0. The van der Waals surface area contributed by atoms with Crippen molar-refractivity contribution in [1.82, 2.24) is 5.32 Å². The van der Waals surface area contributed by atoms with Crippen molar-refractivity contribution in [3.63, 3.8) is 0 Å². The number of methoxy groups -OCH3 is 1. The van der Waals surface area contributed by atoms with Crippen molar-refractivity contribution in [2.45, 2.75) is 31.7 Å². The minimum atomic E-state index is -4.56. The summed E-state index contributed by atoms with van der Waals surface area (Å²) in [4.78, 5) is 22.5. The van der Waals surface area contributed by atoms with Gasteiger partial charge >= 0.3 is 18.2 Å². The Kier molecular flexibility index (Phi) is 5.33. The van der Waals surface area contributed by atoms with Gasteiger partial charge in [-0.05, 0) is 30.5 Å². The Morgan fingerprint density at radius 1 is 1.33 bits per heavy atom. The monoisotopic (exact) mass is 346 g/mol. The van der Waals surface area contributed by atoms with Crippen molar-refractivity contribution in [3.05, 3.63) is 29.3 Å². The van der Waals surface area contributed by atoms with Crippen molar-refractivity contribution >= 4 is 17.7 Å². The molecule has 132 valence electrons. The zero-order chi connectivity index (χ0) is 17.9. The lowest BCUT2D eigenvalue weighted by Gasteiger charge is -2.32. The van der Waals surface area contributed by atoms with E-state index in [2.05, 4.69) is 10.6 Å². The molecule has 3 N–H and O–H groups in total. The van der Waals surface area contributed by atoms with E-state index in [1.54, 1.807) is 0 Å². The second-order valence-corrected chi connectivity index (χ2v) is 5.60. The molecule has 0 radical (unpaired) electrons. The fraction of sp³-hybridized carbons (Fsp3) is 0.467. The average molecular weight is 346 g/mol. The van der Waals surface area contributed by atoms with Crippen LogP contribution in [0.15, 0.2) is 18.2 Å². The Labute approximate surface area is 136 Å². The summed E-state index contributed by atoms with van der Waals surface area (Å²) in [6.07, 6.45) is -3.95. The van der Waals surface area contributed by atoms with Gasteiger partial charge in [-0.3, -0.25) is 4.79 Å². The molecular formula is C15H17F3N2O4. The van der Waals surface area contributed by atoms with E-state index >= 15 is 0 Å². The number of halogens is 3. The standard InChI is InChI=1S/C15H17F3N2O4/c1-24-7-8-2-3-10(6-12(8)15(16,17)18)19-14(23)20-11-4-9(5-11)13(21)22/h2-3,6,9,11H,4-5,7H2,1H3,(H,21,22)(H2,19,20,23). The zero-order valence-corrected chi connectivity index (χ0v) is 12.8. The van der Waals surface area contributed by atoms with E-state index in [4.69, 9.17) is 9.84 Å². The number of carbonyl (C=O) groups excluding carboxylic acids is 1. The second-order valence-electron chi connectivity index (χ2n) is 5.60. The van der Waals surface area contributed by atoms with E-state index in [1.807, 2.05) is 0 Å². The Bertz CT molecular complexity index is 628. The normalized spacial score (nSPS) is 20.2. The van der Waals surface area contributed by atoms with Gasteiger partial charge in [0, 0.05) is 18.8 Å². The molecule has 6 nitrogen and oxygen atoms in total. The molecule has 9 heteroatoms. The van der Waals surface area contributed by atoms with Gasteiger partial charge in [-0.25, -0.2) is 4.79 Å². The molecule has 1 fully saturated rings. The van der Waals surface area contributed by atoms with Crippen molar-refractivity contribution < 1.29 is 32.6 Å². The van der Waals surface area contributed by atoms with Gasteiger partial charge in [-0.2, -0.15) is 13.2 Å². The third-order valence-corrected chi connectivity index (χ3v) is 3.80. The molecule has 1 aromatic rings. The molecule has 1 saturated carbocycles. The van der Waals surface area contributed by atoms with Gasteiger partial charge in [0.1, 0.15) is 0 Å². The van der Waals surface area contributed by atoms with Crippen LogP contribution in [0.3, 0.4) is 0 Å². The number of carboxylic acids is 1. The number of carbonyl (C=O) groups is 2. The van der Waals surface area contributed by atoms with Crippen LogP contribution >= 0.6 is 0 Å². The number of benzene rings is 1. The summed E-state index contributed by atoms with van der Waals surface area (Å²) in [5.41, 5.74) is -0.912. The van der Waals surface area contributed by atoms with Crippen LogP contribution in [-0.4, -0.2) is 30.3 Å². The number of anilines is 1. The van der Waals surface area contributed by atoms with E-state index in [0.29, 0.717) is 12.8 Å². The summed E-state index contributed by atoms with van der Waals surface area (Å²) in [6.45, 7) is -0.194. The highest BCUT2D eigenvalue weighted by Crippen LogP contribution is 2.34. The third kappa shape index (κ3) is 4.38. The smallest absolute Gasteiger partial charge is 0.416 e. The minimum Gasteiger partial charge on any atom is -0.481 e. The number of hydrogen-bond donors (Lipinski definition) is 3. The number of rotatable bonds is 5. The van der Waals surface area contributed by atoms with Gasteiger partial charge in [0.15, 0.2) is 0 Å². The van der Waals surface area contributed by atoms with Crippen LogP contribution in [0.5, 0.6) is 0 Å². The summed E-state index contributed by atoms with van der Waals surface area (Å²) in [6, 6.07) is 2.47. The summed E-state index contributed by atoms with van der Waals surface area (Å²) in [5, 5.41) is 13.6. The van der Waals surface area contributed by atoms with Crippen molar-refractivity contribution in [3.8, 4) is 0 Å². The predicted molar refractivity (Wildman–Crippen MR) is 78.5 cm³/mol. The molecule has 2 amide bonds. The Hall–Kier alpha value is -2.29. The molecule has 2 rings (SSSR count). The predicted octanol–water partition coefficient (Wildman–Crippen LogP) is 2.84. The van der Waals surface area contributed by atoms with E-state index in [9.17, 15) is 22.8 Å². The molecule has 0 saturated heterocycles. The number of nitrogens with one attached hydrogen (secondary N) is 2. The lowest BCUT2D eigenvalue weighted by atomic mass is 9.80. The number of carboxylic acid groups (broad SMARTS) is 1. The Morgan fingerprint density at radius 2 is 2.00 bits per heavy atom. The van der Waals surface area contributed by atoms with Crippen LogP contribution in [-0.2, 0) is 22.3 Å². The number of aliphatic carboxylic acids is 1. The highest BCUT2D eigenvalue weighted by molar-refractivity contribution is 5.89. The van der Waals surface area contributed by atoms with Gasteiger partial charge in [-0.15, -0.1) is 0 Å². The summed E-state index contributed by atoms with van der Waals surface area (Å²) in [5.74, 6) is -1.41. The molecule has 0 aliphatic heterocycles. The minimum absolute atomic E-state index is 0.00575. The molecule has 1 aliphatic carbocycles. The number of hydrogen-bond acceptors (Lipinski definition) is 3. The topological polar surface area (TPSA) is 87.7 Å². The van der Waals surface area contributed by atoms with Crippen molar-refractivity contribution in [1.29, 1.82) is 0 Å². The average Bonchev–Trinajstić information content (AvgIpc) is 2.42. The Balaban J connectivity index is 1.99. The first kappa shape index (κ1) is 18.1. The molecule has 24 heavy (non-hydrogen) atoms. The van der Waals surface area contributed by atoms with E-state index in [-0.39, 0.29) is 23.9 Å². The summed E-state index contributed by atoms with van der Waals surface area (Å²) in [7, 11) is 1.29. The quantitative estimate of drug-likeness (QED) is 0.765. The highest BCUT2D eigenvalue weighted by Gasteiger charge is 2.36. The highest BCUT2D eigenvalue weighted by atomic mass is 19.4. The third-order valence-electron chi connectivity index (χ3n) is 3.80. The Morgan fingerprint density at radius 3 is 2.54 bits per heavy atom. The maximum Gasteiger partial charge on any atom is 0.416 e. The lowest BCUT2D eigenvalue weighted by Crippen LogP contribution is -2.48. The van der Waals surface area contributed by atoms with E-state index in [0.717, 1.165) is 6.07 Å². The SMILES string of the molecule is COCc1ccc(NC(=O)NC2CC(C(=O)O)C2)cc1C(F)(F)F. The largest absolute Gasteiger partial charge is 0.481 e. The summed E-state index contributed by atoms with van der Waals surface area (Å²) >= 11 is 0. The first-order chi connectivity index (χ1) is 11.2. The molecule has 1 aromatic carbocycles. The van der Waals surface area contributed by atoms with Crippen LogP contribution in [0.2, 0.25) is 0 Å². The van der Waals surface area contributed by atoms with E-state index in [1.165, 1.54) is 19.2 Å². The molecule has 0 atom stereocenters. The van der Waals surface area contributed by atoms with Gasteiger partial charge in [0.25, 0.3) is 0 Å². The number of urea groups is 1. The van der Waals surface area contributed by atoms with Crippen LogP contribution in [0.25, 0.3) is 0 Å². The number of alkyl halides is 3. The molecule has 0 bridgehead atoms. The summed E-state index contributed by atoms with van der Waals surface area (Å²) < 4.78 is 43.9. The molecule has 0 heterocycles. The van der Waals surface area contributed by atoms with E-state index < -0.39 is 29.7 Å². The molecule has 0 spiro atoms. The van der Waals surface area contributed by atoms with Crippen LogP contribution in [0, 0.1) is 5.92 Å². The first-order valence-electron chi connectivity index (χ1n) is 7.20. The first-order valence-corrected chi connectivity index (χ1v) is 7.20. The van der Waals surface area contributed by atoms with Crippen LogP contribution < -0.4 is 10.6 Å². The molecule has 0 aromatic heterocycles. The van der Waals surface area contributed by atoms with Crippen LogP contribution in [0.1, 0.15) is 24.0 Å². The fourth-order valence-electron chi connectivity index (χ4n) is 2.49. The van der Waals surface area contributed by atoms with Crippen LogP contribution in [0.4, 0.5) is 23.7 Å². The maximum absolute atomic E-state index is 13.0.